The second-order valence-corrected chi connectivity index (χ2v) is 8.97. The molecule has 0 spiro atoms. The fourth-order valence-corrected chi connectivity index (χ4v) is 6.01. The van der Waals surface area contributed by atoms with Crippen LogP contribution in [-0.4, -0.2) is 6.04 Å². The maximum absolute atomic E-state index is 4.41. The second-order valence-electron chi connectivity index (χ2n) is 8.06. The predicted molar refractivity (Wildman–Crippen MR) is 102 cm³/mol. The Morgan fingerprint density at radius 2 is 2.09 bits per heavy atom. The summed E-state index contributed by atoms with van der Waals surface area (Å²) in [5, 5.41) is 7.47. The van der Waals surface area contributed by atoms with E-state index in [0.29, 0.717) is 11.5 Å². The quantitative estimate of drug-likeness (QED) is 0.735. The van der Waals surface area contributed by atoms with E-state index in [4.69, 9.17) is 0 Å². The first kappa shape index (κ1) is 15.3. The van der Waals surface area contributed by atoms with E-state index in [2.05, 4.69) is 62.3 Å². The lowest BCUT2D eigenvalue weighted by Crippen LogP contribution is -2.62. The summed E-state index contributed by atoms with van der Waals surface area (Å²) in [6, 6.07) is 9.25. The van der Waals surface area contributed by atoms with Crippen LogP contribution < -0.4 is 5.32 Å². The van der Waals surface area contributed by atoms with Gasteiger partial charge in [0.25, 0.3) is 0 Å². The molecule has 0 amide bonds. The van der Waals surface area contributed by atoms with E-state index in [1.165, 1.54) is 34.9 Å². The fourth-order valence-electron chi connectivity index (χ4n) is 5.04. The summed E-state index contributed by atoms with van der Waals surface area (Å²) in [4.78, 5) is 0. The van der Waals surface area contributed by atoms with Crippen molar-refractivity contribution in [2.24, 2.45) is 23.2 Å². The molecule has 23 heavy (non-hydrogen) atoms. The first-order valence-corrected chi connectivity index (χ1v) is 9.82. The Morgan fingerprint density at radius 3 is 2.83 bits per heavy atom. The van der Waals surface area contributed by atoms with Crippen LogP contribution in [0.5, 0.6) is 0 Å². The zero-order valence-electron chi connectivity index (χ0n) is 14.4. The van der Waals surface area contributed by atoms with Gasteiger partial charge in [-0.2, -0.15) is 0 Å². The van der Waals surface area contributed by atoms with Crippen LogP contribution in [0.1, 0.15) is 45.6 Å². The molecule has 1 aromatic heterocycles. The molecule has 122 valence electrons. The summed E-state index contributed by atoms with van der Waals surface area (Å²) >= 11 is 1.82. The zero-order valence-corrected chi connectivity index (χ0v) is 15.2. The molecule has 3 saturated carbocycles. The molecule has 5 rings (SSSR count). The Bertz CT molecular complexity index is 741. The SMILES string of the molecule is C=C(N[C@@H]1[C@@H](CC)C[C@H]2C[C@@H]1C2(C)C)c1csc2ccccc12. The van der Waals surface area contributed by atoms with Crippen LogP contribution in [0.25, 0.3) is 15.8 Å². The van der Waals surface area contributed by atoms with E-state index in [-0.39, 0.29) is 0 Å². The lowest BCUT2D eigenvalue weighted by atomic mass is 9.44. The van der Waals surface area contributed by atoms with Crippen molar-refractivity contribution in [3.8, 4) is 0 Å². The molecule has 2 bridgehead atoms. The first-order valence-electron chi connectivity index (χ1n) is 8.94. The van der Waals surface area contributed by atoms with Gasteiger partial charge in [0.1, 0.15) is 0 Å². The van der Waals surface area contributed by atoms with Crippen molar-refractivity contribution in [2.75, 3.05) is 0 Å². The third-order valence-corrected chi connectivity index (χ3v) is 7.71. The highest BCUT2D eigenvalue weighted by molar-refractivity contribution is 7.17. The van der Waals surface area contributed by atoms with Gasteiger partial charge < -0.3 is 5.32 Å². The molecule has 0 aliphatic heterocycles. The molecule has 1 nitrogen and oxygen atoms in total. The standard InChI is InChI=1S/C21H27NS/c1-5-14-10-15-11-18(21(15,3)4)20(14)22-13(2)17-12-23-19-9-7-6-8-16(17)19/h6-9,12,14-15,18,20,22H,2,5,10-11H2,1,3-4H3/t14-,15-,18-,20+/m0/s1. The molecule has 3 aliphatic rings. The minimum atomic E-state index is 0.500. The van der Waals surface area contributed by atoms with Crippen molar-refractivity contribution < 1.29 is 0 Å². The van der Waals surface area contributed by atoms with E-state index in [1.807, 2.05) is 11.3 Å². The van der Waals surface area contributed by atoms with Crippen LogP contribution in [0.15, 0.2) is 36.2 Å². The maximum Gasteiger partial charge on any atom is 0.0357 e. The Labute approximate surface area is 143 Å². The summed E-state index contributed by atoms with van der Waals surface area (Å²) < 4.78 is 1.35. The molecule has 1 aromatic carbocycles. The number of hydrogen-bond acceptors (Lipinski definition) is 2. The van der Waals surface area contributed by atoms with Gasteiger partial charge in [-0.3, -0.25) is 0 Å². The van der Waals surface area contributed by atoms with Gasteiger partial charge in [-0.05, 0) is 42.1 Å². The Hall–Kier alpha value is -1.28. The molecule has 3 fully saturated rings. The van der Waals surface area contributed by atoms with E-state index in [1.54, 1.807) is 0 Å². The molecule has 4 atom stereocenters. The Balaban J connectivity index is 1.60. The van der Waals surface area contributed by atoms with Crippen molar-refractivity contribution >= 4 is 27.1 Å². The molecule has 0 unspecified atom stereocenters. The fraction of sp³-hybridized carbons (Fsp3) is 0.524. The number of thiophene rings is 1. The monoisotopic (exact) mass is 325 g/mol. The zero-order chi connectivity index (χ0) is 16.2. The van der Waals surface area contributed by atoms with Crippen LogP contribution in [-0.2, 0) is 0 Å². The molecule has 2 heteroatoms. The van der Waals surface area contributed by atoms with Gasteiger partial charge in [-0.1, -0.05) is 52.0 Å². The number of hydrogen-bond donors (Lipinski definition) is 1. The highest BCUT2D eigenvalue weighted by atomic mass is 32.1. The third kappa shape index (κ3) is 2.26. The van der Waals surface area contributed by atoms with E-state index in [0.717, 1.165) is 23.5 Å². The summed E-state index contributed by atoms with van der Waals surface area (Å²) in [7, 11) is 0. The molecule has 0 saturated heterocycles. The minimum Gasteiger partial charge on any atom is -0.382 e. The maximum atomic E-state index is 4.41. The second kappa shape index (κ2) is 5.37. The van der Waals surface area contributed by atoms with Crippen LogP contribution in [0.4, 0.5) is 0 Å². The van der Waals surface area contributed by atoms with Gasteiger partial charge in [0.05, 0.1) is 0 Å². The van der Waals surface area contributed by atoms with Crippen LogP contribution >= 0.6 is 11.3 Å². The van der Waals surface area contributed by atoms with Crippen molar-refractivity contribution in [3.05, 3.63) is 41.8 Å². The topological polar surface area (TPSA) is 12.0 Å². The highest BCUT2D eigenvalue weighted by Gasteiger charge is 2.57. The lowest BCUT2D eigenvalue weighted by molar-refractivity contribution is -0.111. The molecular weight excluding hydrogens is 298 g/mol. The van der Waals surface area contributed by atoms with Crippen molar-refractivity contribution in [1.82, 2.24) is 5.32 Å². The van der Waals surface area contributed by atoms with Crippen molar-refractivity contribution in [3.63, 3.8) is 0 Å². The smallest absolute Gasteiger partial charge is 0.0357 e. The predicted octanol–water partition coefficient (Wildman–Crippen LogP) is 5.92. The minimum absolute atomic E-state index is 0.500. The molecule has 3 aliphatic carbocycles. The Kier molecular flexibility index (Phi) is 3.57. The van der Waals surface area contributed by atoms with Gasteiger partial charge in [0.2, 0.25) is 0 Å². The van der Waals surface area contributed by atoms with Gasteiger partial charge in [0.15, 0.2) is 0 Å². The van der Waals surface area contributed by atoms with Gasteiger partial charge in [0, 0.05) is 32.8 Å². The van der Waals surface area contributed by atoms with Gasteiger partial charge >= 0.3 is 0 Å². The number of rotatable bonds is 4. The Morgan fingerprint density at radius 1 is 1.30 bits per heavy atom. The van der Waals surface area contributed by atoms with E-state index < -0.39 is 0 Å². The van der Waals surface area contributed by atoms with Crippen LogP contribution in [0.2, 0.25) is 0 Å². The molecule has 1 heterocycles. The number of benzene rings is 1. The van der Waals surface area contributed by atoms with Crippen LogP contribution in [0, 0.1) is 23.2 Å². The molecule has 1 N–H and O–H groups in total. The van der Waals surface area contributed by atoms with Crippen molar-refractivity contribution in [2.45, 2.75) is 46.1 Å². The molecule has 0 radical (unpaired) electrons. The molecular formula is C21H27NS. The lowest BCUT2D eigenvalue weighted by Gasteiger charge is -2.63. The normalized spacial score (nSPS) is 31.6. The average molecular weight is 326 g/mol. The number of fused-ring (bicyclic) bond motifs is 3. The third-order valence-electron chi connectivity index (χ3n) is 6.75. The summed E-state index contributed by atoms with van der Waals surface area (Å²) in [5.41, 5.74) is 2.91. The van der Waals surface area contributed by atoms with Crippen LogP contribution in [0.3, 0.4) is 0 Å². The van der Waals surface area contributed by atoms with Gasteiger partial charge in [-0.15, -0.1) is 11.3 Å². The number of nitrogens with one attached hydrogen (secondary N) is 1. The highest BCUT2D eigenvalue weighted by Crippen LogP contribution is 2.61. The van der Waals surface area contributed by atoms with E-state index in [9.17, 15) is 0 Å². The van der Waals surface area contributed by atoms with Crippen molar-refractivity contribution in [1.29, 1.82) is 0 Å². The molecule has 2 aromatic rings. The summed E-state index contributed by atoms with van der Waals surface area (Å²) in [6.07, 6.45) is 4.06. The first-order chi connectivity index (χ1) is 11.0. The average Bonchev–Trinajstić information content (AvgIpc) is 2.98. The summed E-state index contributed by atoms with van der Waals surface area (Å²) in [6.45, 7) is 11.7. The van der Waals surface area contributed by atoms with Gasteiger partial charge in [-0.25, -0.2) is 0 Å². The summed E-state index contributed by atoms with van der Waals surface area (Å²) in [5.74, 6) is 2.53. The largest absolute Gasteiger partial charge is 0.382 e. The van der Waals surface area contributed by atoms with E-state index >= 15 is 0 Å².